The Labute approximate surface area is 164 Å². The summed E-state index contributed by atoms with van der Waals surface area (Å²) in [5, 5.41) is -0.0968. The van der Waals surface area contributed by atoms with Gasteiger partial charge < -0.3 is 0 Å². The molecule has 0 spiro atoms. The van der Waals surface area contributed by atoms with E-state index in [2.05, 4.69) is 24.8 Å². The van der Waals surface area contributed by atoms with Crippen LogP contribution in [-0.2, 0) is 29.3 Å². The van der Waals surface area contributed by atoms with E-state index in [0.29, 0.717) is 13.0 Å². The van der Waals surface area contributed by atoms with E-state index in [9.17, 15) is 8.42 Å². The van der Waals surface area contributed by atoms with Crippen molar-refractivity contribution in [2.24, 2.45) is 0 Å². The second-order valence-corrected chi connectivity index (χ2v) is 8.94. The molecule has 0 saturated heterocycles. The fourth-order valence-electron chi connectivity index (χ4n) is 3.28. The van der Waals surface area contributed by atoms with Gasteiger partial charge in [0, 0.05) is 67.1 Å². The van der Waals surface area contributed by atoms with Crippen molar-refractivity contribution in [2.75, 3.05) is 12.8 Å². The van der Waals surface area contributed by atoms with Crippen LogP contribution in [0.5, 0.6) is 0 Å². The van der Waals surface area contributed by atoms with Crippen LogP contribution in [0.2, 0.25) is 0 Å². The van der Waals surface area contributed by atoms with Gasteiger partial charge >= 0.3 is 0 Å². The molecule has 0 unspecified atom stereocenters. The minimum Gasteiger partial charge on any atom is -0.294 e. The second-order valence-electron chi connectivity index (χ2n) is 7.03. The largest absolute Gasteiger partial charge is 0.294 e. The molecule has 0 saturated carbocycles. The Balaban J connectivity index is 1.50. The third kappa shape index (κ3) is 3.93. The molecule has 8 heteroatoms. The van der Waals surface area contributed by atoms with Crippen molar-refractivity contribution in [1.82, 2.24) is 24.8 Å². The highest BCUT2D eigenvalue weighted by molar-refractivity contribution is 7.90. The number of aryl methyl sites for hydroxylation is 1. The number of aromatic nitrogens is 4. The maximum atomic E-state index is 11.6. The van der Waals surface area contributed by atoms with Gasteiger partial charge in [0.1, 0.15) is 0 Å². The summed E-state index contributed by atoms with van der Waals surface area (Å²) in [5.74, 6) is 0.729. The van der Waals surface area contributed by atoms with Crippen LogP contribution in [-0.4, -0.2) is 46.1 Å². The summed E-state index contributed by atoms with van der Waals surface area (Å²) < 4.78 is 23.3. The predicted molar refractivity (Wildman–Crippen MR) is 105 cm³/mol. The summed E-state index contributed by atoms with van der Waals surface area (Å²) in [6.45, 7) is 4.21. The van der Waals surface area contributed by atoms with Gasteiger partial charge in [0.15, 0.2) is 5.82 Å². The van der Waals surface area contributed by atoms with Crippen LogP contribution in [0.1, 0.15) is 22.5 Å². The van der Waals surface area contributed by atoms with Gasteiger partial charge in [-0.3, -0.25) is 4.90 Å². The minimum atomic E-state index is -3.38. The molecule has 0 fully saturated rings. The Morgan fingerprint density at radius 3 is 2.57 bits per heavy atom. The summed E-state index contributed by atoms with van der Waals surface area (Å²) in [5.41, 5.74) is 4.83. The lowest BCUT2D eigenvalue weighted by Gasteiger charge is -2.28. The van der Waals surface area contributed by atoms with E-state index in [4.69, 9.17) is 0 Å². The van der Waals surface area contributed by atoms with Gasteiger partial charge in [-0.05, 0) is 6.92 Å². The zero-order valence-corrected chi connectivity index (χ0v) is 16.6. The highest BCUT2D eigenvalue weighted by atomic mass is 32.2. The van der Waals surface area contributed by atoms with E-state index in [1.165, 1.54) is 0 Å². The first-order valence-corrected chi connectivity index (χ1v) is 10.9. The van der Waals surface area contributed by atoms with E-state index in [1.807, 2.05) is 43.5 Å². The Hall–Kier alpha value is -2.71. The van der Waals surface area contributed by atoms with Crippen molar-refractivity contribution in [3.63, 3.8) is 0 Å². The van der Waals surface area contributed by atoms with E-state index in [0.717, 1.165) is 53.2 Å². The molecule has 3 aromatic rings. The van der Waals surface area contributed by atoms with Crippen molar-refractivity contribution < 1.29 is 8.42 Å². The molecule has 4 rings (SSSR count). The molecular weight excluding hydrogens is 374 g/mol. The van der Waals surface area contributed by atoms with Crippen molar-refractivity contribution >= 4 is 9.84 Å². The maximum Gasteiger partial charge on any atom is 0.246 e. The van der Waals surface area contributed by atoms with Crippen molar-refractivity contribution in [1.29, 1.82) is 0 Å². The molecule has 1 aliphatic heterocycles. The number of nitrogens with zero attached hydrogens (tertiary/aromatic N) is 5. The molecule has 0 N–H and O–H groups in total. The lowest BCUT2D eigenvalue weighted by atomic mass is 10.1. The van der Waals surface area contributed by atoms with Gasteiger partial charge in [-0.25, -0.2) is 28.4 Å². The first-order valence-electron chi connectivity index (χ1n) is 9.05. The fourth-order valence-corrected chi connectivity index (χ4v) is 3.80. The van der Waals surface area contributed by atoms with Crippen LogP contribution in [0.25, 0.3) is 11.4 Å². The van der Waals surface area contributed by atoms with Gasteiger partial charge in [0.05, 0.1) is 5.69 Å². The number of sulfone groups is 1. The number of hydrogen-bond donors (Lipinski definition) is 0. The standard InChI is InChI=1S/C20H21N5O2S/c1-14-16(10-21-19(23-14)15-6-4-3-5-7-15)12-25-9-8-18-17(13-25)11-22-20(24-18)28(2,26)27/h3-7,10-11H,8-9,12-13H2,1-2H3. The Morgan fingerprint density at radius 1 is 1.07 bits per heavy atom. The van der Waals surface area contributed by atoms with Crippen molar-refractivity contribution in [3.8, 4) is 11.4 Å². The fraction of sp³-hybridized carbons (Fsp3) is 0.300. The van der Waals surface area contributed by atoms with E-state index in [-0.39, 0.29) is 5.16 Å². The smallest absolute Gasteiger partial charge is 0.246 e. The van der Waals surface area contributed by atoms with Crippen LogP contribution in [0.4, 0.5) is 0 Å². The third-order valence-corrected chi connectivity index (χ3v) is 5.69. The van der Waals surface area contributed by atoms with Crippen LogP contribution in [0, 0.1) is 6.92 Å². The molecule has 3 heterocycles. The zero-order valence-electron chi connectivity index (χ0n) is 15.8. The van der Waals surface area contributed by atoms with Gasteiger partial charge in [-0.1, -0.05) is 30.3 Å². The molecule has 1 aromatic carbocycles. The maximum absolute atomic E-state index is 11.6. The number of fused-ring (bicyclic) bond motifs is 1. The van der Waals surface area contributed by atoms with Gasteiger partial charge in [-0.2, -0.15) is 0 Å². The average Bonchev–Trinajstić information content (AvgIpc) is 2.69. The van der Waals surface area contributed by atoms with E-state index in [1.54, 1.807) is 6.20 Å². The SMILES string of the molecule is Cc1nc(-c2ccccc2)ncc1CN1CCc2nc(S(C)(=O)=O)ncc2C1. The molecule has 1 aliphatic rings. The van der Waals surface area contributed by atoms with Crippen LogP contribution < -0.4 is 0 Å². The lowest BCUT2D eigenvalue weighted by Crippen LogP contribution is -2.31. The first-order chi connectivity index (χ1) is 13.4. The van der Waals surface area contributed by atoms with Gasteiger partial charge in [0.25, 0.3) is 0 Å². The van der Waals surface area contributed by atoms with Crippen LogP contribution >= 0.6 is 0 Å². The highest BCUT2D eigenvalue weighted by Crippen LogP contribution is 2.21. The molecule has 0 bridgehead atoms. The molecule has 7 nitrogen and oxygen atoms in total. The van der Waals surface area contributed by atoms with E-state index < -0.39 is 9.84 Å². The normalized spacial score (nSPS) is 14.6. The quantitative estimate of drug-likeness (QED) is 0.626. The van der Waals surface area contributed by atoms with Crippen LogP contribution in [0.3, 0.4) is 0 Å². The van der Waals surface area contributed by atoms with Crippen molar-refractivity contribution in [2.45, 2.75) is 31.6 Å². The number of hydrogen-bond acceptors (Lipinski definition) is 7. The highest BCUT2D eigenvalue weighted by Gasteiger charge is 2.21. The first kappa shape index (κ1) is 18.6. The summed E-state index contributed by atoms with van der Waals surface area (Å²) >= 11 is 0. The third-order valence-electron chi connectivity index (χ3n) is 4.83. The monoisotopic (exact) mass is 395 g/mol. The minimum absolute atomic E-state index is 0.0968. The van der Waals surface area contributed by atoms with Gasteiger partial charge in [0.2, 0.25) is 15.0 Å². The topological polar surface area (TPSA) is 88.9 Å². The molecule has 28 heavy (non-hydrogen) atoms. The zero-order chi connectivity index (χ0) is 19.7. The Kier molecular flexibility index (Phi) is 4.91. The van der Waals surface area contributed by atoms with Gasteiger partial charge in [-0.15, -0.1) is 0 Å². The lowest BCUT2D eigenvalue weighted by molar-refractivity contribution is 0.241. The molecule has 144 valence electrons. The number of benzene rings is 1. The Bertz CT molecular complexity index is 1120. The van der Waals surface area contributed by atoms with E-state index >= 15 is 0 Å². The summed E-state index contributed by atoms with van der Waals surface area (Å²) in [6.07, 6.45) is 5.35. The molecule has 0 radical (unpaired) electrons. The Morgan fingerprint density at radius 2 is 1.86 bits per heavy atom. The molecule has 2 aromatic heterocycles. The summed E-state index contributed by atoms with van der Waals surface area (Å²) in [6, 6.07) is 9.93. The molecule has 0 aliphatic carbocycles. The van der Waals surface area contributed by atoms with Crippen LogP contribution in [0.15, 0.2) is 47.9 Å². The predicted octanol–water partition coefficient (Wildman–Crippen LogP) is 2.20. The summed E-state index contributed by atoms with van der Waals surface area (Å²) in [7, 11) is -3.38. The number of rotatable bonds is 4. The molecule has 0 atom stereocenters. The molecule has 0 amide bonds. The average molecular weight is 395 g/mol. The second kappa shape index (κ2) is 7.37. The van der Waals surface area contributed by atoms with Crippen molar-refractivity contribution in [3.05, 3.63) is 65.2 Å². The summed E-state index contributed by atoms with van der Waals surface area (Å²) in [4.78, 5) is 19.7. The molecular formula is C20H21N5O2S.